The Morgan fingerprint density at radius 2 is 1.69 bits per heavy atom. The summed E-state index contributed by atoms with van der Waals surface area (Å²) in [6.07, 6.45) is 2.14. The fourth-order valence-electron chi connectivity index (χ4n) is 0.977. The molecule has 78 valence electrons. The summed E-state index contributed by atoms with van der Waals surface area (Å²) < 4.78 is 0. The van der Waals surface area contributed by atoms with Crippen molar-refractivity contribution in [2.45, 2.75) is 26.7 Å². The molecule has 0 heterocycles. The fourth-order valence-corrected chi connectivity index (χ4v) is 0.977. The molecule has 0 radical (unpaired) electrons. The molecule has 0 aromatic carbocycles. The molecule has 0 aliphatic heterocycles. The van der Waals surface area contributed by atoms with Crippen molar-refractivity contribution < 1.29 is 4.79 Å². The van der Waals surface area contributed by atoms with Crippen LogP contribution >= 0.6 is 0 Å². The minimum Gasteiger partial charge on any atom is -0.338 e. The molecule has 0 fully saturated rings. The first-order valence-electron chi connectivity index (χ1n) is 5.03. The van der Waals surface area contributed by atoms with Crippen LogP contribution in [0.2, 0.25) is 0 Å². The molecule has 0 aromatic heterocycles. The summed E-state index contributed by atoms with van der Waals surface area (Å²) in [6, 6.07) is -0.0639. The van der Waals surface area contributed by atoms with Gasteiger partial charge in [-0.1, -0.05) is 6.92 Å². The Bertz CT molecular complexity index is 128. The highest BCUT2D eigenvalue weighted by atomic mass is 16.2. The topological polar surface area (TPSA) is 53.2 Å². The third-order valence-corrected chi connectivity index (χ3v) is 1.65. The molecule has 0 bridgehead atoms. The summed E-state index contributed by atoms with van der Waals surface area (Å²) in [6.45, 7) is 7.50. The molecule has 0 spiro atoms. The van der Waals surface area contributed by atoms with E-state index in [2.05, 4.69) is 22.9 Å². The lowest BCUT2D eigenvalue weighted by Crippen LogP contribution is -2.35. The van der Waals surface area contributed by atoms with Crippen molar-refractivity contribution in [2.24, 2.45) is 0 Å². The molecule has 0 atom stereocenters. The first kappa shape index (κ1) is 12.2. The summed E-state index contributed by atoms with van der Waals surface area (Å²) in [4.78, 5) is 10.9. The Morgan fingerprint density at radius 3 is 2.31 bits per heavy atom. The molecule has 0 aliphatic rings. The zero-order valence-corrected chi connectivity index (χ0v) is 8.65. The van der Waals surface area contributed by atoms with Gasteiger partial charge in [-0.3, -0.25) is 0 Å². The monoisotopic (exact) mass is 187 g/mol. The first-order chi connectivity index (χ1) is 6.31. The van der Waals surface area contributed by atoms with Gasteiger partial charge in [-0.2, -0.15) is 0 Å². The largest absolute Gasteiger partial charge is 0.338 e. The second kappa shape index (κ2) is 9.32. The predicted molar refractivity (Wildman–Crippen MR) is 54.9 cm³/mol. The molecule has 3 N–H and O–H groups in total. The van der Waals surface area contributed by atoms with E-state index in [4.69, 9.17) is 0 Å². The van der Waals surface area contributed by atoms with Crippen LogP contribution in [0.1, 0.15) is 26.7 Å². The lowest BCUT2D eigenvalue weighted by Gasteiger charge is -2.05. The van der Waals surface area contributed by atoms with Crippen LogP contribution in [-0.2, 0) is 0 Å². The van der Waals surface area contributed by atoms with Crippen molar-refractivity contribution in [1.82, 2.24) is 16.0 Å². The number of carbonyl (C=O) groups is 1. The third kappa shape index (κ3) is 9.14. The van der Waals surface area contributed by atoms with Crippen molar-refractivity contribution in [2.75, 3.05) is 26.2 Å². The summed E-state index contributed by atoms with van der Waals surface area (Å²) in [5.41, 5.74) is 0. The van der Waals surface area contributed by atoms with Gasteiger partial charge in [0.25, 0.3) is 0 Å². The smallest absolute Gasteiger partial charge is 0.314 e. The van der Waals surface area contributed by atoms with Gasteiger partial charge >= 0.3 is 6.03 Å². The van der Waals surface area contributed by atoms with Crippen molar-refractivity contribution in [3.8, 4) is 0 Å². The highest BCUT2D eigenvalue weighted by Gasteiger charge is 1.94. The maximum Gasteiger partial charge on any atom is 0.314 e. The molecule has 0 rings (SSSR count). The maximum absolute atomic E-state index is 10.9. The maximum atomic E-state index is 10.9. The predicted octanol–water partition coefficient (Wildman–Crippen LogP) is 0.695. The van der Waals surface area contributed by atoms with Gasteiger partial charge in [-0.25, -0.2) is 4.79 Å². The van der Waals surface area contributed by atoms with Gasteiger partial charge in [0.15, 0.2) is 0 Å². The molecule has 0 unspecified atom stereocenters. The number of amides is 2. The summed E-state index contributed by atoms with van der Waals surface area (Å²) in [5, 5.41) is 8.70. The van der Waals surface area contributed by atoms with E-state index in [1.807, 2.05) is 6.92 Å². The highest BCUT2D eigenvalue weighted by Crippen LogP contribution is 1.83. The van der Waals surface area contributed by atoms with Crippen molar-refractivity contribution in [3.05, 3.63) is 0 Å². The molecular weight excluding hydrogens is 166 g/mol. The Hall–Kier alpha value is -0.770. The Morgan fingerprint density at radius 1 is 1.00 bits per heavy atom. The van der Waals surface area contributed by atoms with Crippen LogP contribution in [-0.4, -0.2) is 32.2 Å². The minimum atomic E-state index is -0.0639. The lowest BCUT2D eigenvalue weighted by atomic mass is 10.3. The molecular formula is C9H21N3O. The van der Waals surface area contributed by atoms with E-state index < -0.39 is 0 Å². The molecule has 0 aliphatic carbocycles. The molecule has 4 heteroatoms. The van der Waals surface area contributed by atoms with Gasteiger partial charge in [0, 0.05) is 13.1 Å². The average Bonchev–Trinajstić information content (AvgIpc) is 2.11. The fraction of sp³-hybridized carbons (Fsp3) is 0.889. The van der Waals surface area contributed by atoms with Crippen molar-refractivity contribution in [3.63, 3.8) is 0 Å². The quantitative estimate of drug-likeness (QED) is 0.514. The molecule has 0 saturated carbocycles. The number of hydrogen-bond acceptors (Lipinski definition) is 2. The Kier molecular flexibility index (Phi) is 8.77. The van der Waals surface area contributed by atoms with Gasteiger partial charge in [0.05, 0.1) is 0 Å². The number of nitrogens with one attached hydrogen (secondary N) is 3. The van der Waals surface area contributed by atoms with E-state index in [1.165, 1.54) is 0 Å². The third-order valence-electron chi connectivity index (χ3n) is 1.65. The van der Waals surface area contributed by atoms with Gasteiger partial charge < -0.3 is 16.0 Å². The van der Waals surface area contributed by atoms with E-state index in [-0.39, 0.29) is 6.03 Å². The molecule has 13 heavy (non-hydrogen) atoms. The first-order valence-corrected chi connectivity index (χ1v) is 5.03. The summed E-state index contributed by atoms with van der Waals surface area (Å²) in [5.74, 6) is 0. The lowest BCUT2D eigenvalue weighted by molar-refractivity contribution is 0.241. The normalized spacial score (nSPS) is 9.69. The average molecular weight is 187 g/mol. The number of carbonyl (C=O) groups excluding carboxylic acids is 1. The van der Waals surface area contributed by atoms with Crippen LogP contribution in [0, 0.1) is 0 Å². The van der Waals surface area contributed by atoms with Crippen LogP contribution in [0.25, 0.3) is 0 Å². The molecule has 4 nitrogen and oxygen atoms in total. The van der Waals surface area contributed by atoms with E-state index >= 15 is 0 Å². The SMILES string of the molecule is CCNCCCCNC(=O)NCC. The summed E-state index contributed by atoms with van der Waals surface area (Å²) >= 11 is 0. The molecule has 0 aromatic rings. The van der Waals surface area contributed by atoms with Gasteiger partial charge in [0.2, 0.25) is 0 Å². The van der Waals surface area contributed by atoms with Gasteiger partial charge in [-0.05, 0) is 32.9 Å². The summed E-state index contributed by atoms with van der Waals surface area (Å²) in [7, 11) is 0. The van der Waals surface area contributed by atoms with Crippen molar-refractivity contribution in [1.29, 1.82) is 0 Å². The van der Waals surface area contributed by atoms with E-state index in [0.717, 1.165) is 32.5 Å². The Labute approximate surface area is 80.5 Å². The van der Waals surface area contributed by atoms with E-state index in [9.17, 15) is 4.79 Å². The van der Waals surface area contributed by atoms with Crippen LogP contribution in [0.3, 0.4) is 0 Å². The van der Waals surface area contributed by atoms with Crippen LogP contribution in [0.5, 0.6) is 0 Å². The Balaban J connectivity index is 3.02. The number of rotatable bonds is 7. The van der Waals surface area contributed by atoms with Gasteiger partial charge in [-0.15, -0.1) is 0 Å². The van der Waals surface area contributed by atoms with Crippen LogP contribution in [0.15, 0.2) is 0 Å². The second-order valence-corrected chi connectivity index (χ2v) is 2.85. The highest BCUT2D eigenvalue weighted by molar-refractivity contribution is 5.73. The van der Waals surface area contributed by atoms with Crippen LogP contribution < -0.4 is 16.0 Å². The molecule has 2 amide bonds. The molecule has 0 saturated heterocycles. The minimum absolute atomic E-state index is 0.0639. The standard InChI is InChI=1S/C9H21N3O/c1-3-10-7-5-6-8-12-9(13)11-4-2/h10H,3-8H2,1-2H3,(H2,11,12,13). The zero-order chi connectivity index (χ0) is 9.94. The zero-order valence-electron chi connectivity index (χ0n) is 8.65. The van der Waals surface area contributed by atoms with Gasteiger partial charge in [0.1, 0.15) is 0 Å². The number of hydrogen-bond donors (Lipinski definition) is 3. The second-order valence-electron chi connectivity index (χ2n) is 2.85. The number of unbranched alkanes of at least 4 members (excludes halogenated alkanes) is 1. The van der Waals surface area contributed by atoms with E-state index in [1.54, 1.807) is 0 Å². The van der Waals surface area contributed by atoms with Crippen molar-refractivity contribution >= 4 is 6.03 Å². The number of urea groups is 1. The van der Waals surface area contributed by atoms with E-state index in [0.29, 0.717) is 6.54 Å². The van der Waals surface area contributed by atoms with Crippen LogP contribution in [0.4, 0.5) is 4.79 Å².